The van der Waals surface area contributed by atoms with Crippen LogP contribution in [0.15, 0.2) is 253 Å². The highest BCUT2D eigenvalue weighted by Crippen LogP contribution is 2.41. The fraction of sp³-hybridized carbons (Fsp3) is 0. The largest absolute Gasteiger partial charge is 0.455 e. The monoisotopic (exact) mass is 815 g/mol. The summed E-state index contributed by atoms with van der Waals surface area (Å²) < 4.78 is 6.67. The SMILES string of the molecule is c1ccc(-c2ccc3c(c2)oc2c(-c4cccc(-c5ccc(N(c6ccc(-c7cccc8ccccc78)cc6)c6ccc(-c7cccc8ccccc78)cc6)cc5)c4)cccc23)cc1. The summed E-state index contributed by atoms with van der Waals surface area (Å²) in [5.74, 6) is 0. The predicted molar refractivity (Wildman–Crippen MR) is 271 cm³/mol. The third-order valence-corrected chi connectivity index (χ3v) is 12.7. The molecule has 2 heteroatoms. The second kappa shape index (κ2) is 15.8. The molecule has 0 aliphatic heterocycles. The van der Waals surface area contributed by atoms with Crippen molar-refractivity contribution in [3.63, 3.8) is 0 Å². The smallest absolute Gasteiger partial charge is 0.143 e. The van der Waals surface area contributed by atoms with Crippen LogP contribution in [0.3, 0.4) is 0 Å². The second-order valence-electron chi connectivity index (χ2n) is 16.5. The van der Waals surface area contributed by atoms with Crippen LogP contribution in [0.2, 0.25) is 0 Å². The summed E-state index contributed by atoms with van der Waals surface area (Å²) >= 11 is 0. The zero-order valence-corrected chi connectivity index (χ0v) is 35.0. The molecule has 0 N–H and O–H groups in total. The van der Waals surface area contributed by atoms with Crippen molar-refractivity contribution >= 4 is 60.5 Å². The standard InChI is InChI=1S/C62H41NO/c1-2-12-42(13-3-1)49-32-39-59-60-25-11-24-58(62(60)64-61(59)41-49)50-19-8-18-48(40-50)43-26-33-51(34-27-43)63(52-35-28-46(29-36-52)56-22-9-16-44-14-4-6-20-54(44)56)53-37-30-47(31-38-53)57-23-10-17-45-15-5-7-21-55(45)57/h1-41H. The van der Waals surface area contributed by atoms with E-state index in [-0.39, 0.29) is 0 Å². The van der Waals surface area contributed by atoms with E-state index in [1.807, 2.05) is 6.07 Å². The highest BCUT2D eigenvalue weighted by Gasteiger charge is 2.17. The molecular weight excluding hydrogens is 775 g/mol. The van der Waals surface area contributed by atoms with E-state index in [0.29, 0.717) is 0 Å². The molecule has 0 bridgehead atoms. The van der Waals surface area contributed by atoms with Crippen LogP contribution < -0.4 is 4.90 Å². The minimum absolute atomic E-state index is 0.895. The molecule has 11 aromatic carbocycles. The summed E-state index contributed by atoms with van der Waals surface area (Å²) in [5, 5.41) is 7.24. The number of hydrogen-bond acceptors (Lipinski definition) is 2. The second-order valence-corrected chi connectivity index (χ2v) is 16.5. The van der Waals surface area contributed by atoms with Gasteiger partial charge in [-0.1, -0.05) is 194 Å². The van der Waals surface area contributed by atoms with E-state index in [1.165, 1.54) is 49.4 Å². The van der Waals surface area contributed by atoms with Gasteiger partial charge in [0.1, 0.15) is 11.2 Å². The topological polar surface area (TPSA) is 16.4 Å². The molecule has 0 atom stereocenters. The average molecular weight is 816 g/mol. The number of fused-ring (bicyclic) bond motifs is 5. The van der Waals surface area contributed by atoms with Crippen molar-refractivity contribution in [2.45, 2.75) is 0 Å². The zero-order valence-electron chi connectivity index (χ0n) is 35.0. The first-order chi connectivity index (χ1) is 31.7. The summed E-state index contributed by atoms with van der Waals surface area (Å²) in [7, 11) is 0. The lowest BCUT2D eigenvalue weighted by Crippen LogP contribution is -2.09. The Labute approximate surface area is 372 Å². The normalized spacial score (nSPS) is 11.4. The molecule has 0 saturated heterocycles. The van der Waals surface area contributed by atoms with Crippen molar-refractivity contribution in [3.05, 3.63) is 249 Å². The molecule has 1 aromatic heterocycles. The summed E-state index contributed by atoms with van der Waals surface area (Å²) in [6, 6.07) is 89.5. The van der Waals surface area contributed by atoms with Crippen LogP contribution in [0.5, 0.6) is 0 Å². The first kappa shape index (κ1) is 37.3. The molecule has 1 heterocycles. The highest BCUT2D eigenvalue weighted by molar-refractivity contribution is 6.10. The Morgan fingerprint density at radius 3 is 1.30 bits per heavy atom. The minimum Gasteiger partial charge on any atom is -0.455 e. The van der Waals surface area contributed by atoms with Gasteiger partial charge in [0.15, 0.2) is 0 Å². The van der Waals surface area contributed by atoms with Crippen LogP contribution in [0.25, 0.3) is 99.1 Å². The van der Waals surface area contributed by atoms with Crippen molar-refractivity contribution in [1.29, 1.82) is 0 Å². The van der Waals surface area contributed by atoms with Gasteiger partial charge in [-0.2, -0.15) is 0 Å². The zero-order chi connectivity index (χ0) is 42.4. The average Bonchev–Trinajstić information content (AvgIpc) is 3.75. The van der Waals surface area contributed by atoms with Crippen molar-refractivity contribution in [1.82, 2.24) is 0 Å². The molecule has 0 fully saturated rings. The maximum atomic E-state index is 6.67. The van der Waals surface area contributed by atoms with Crippen LogP contribution in [0.1, 0.15) is 0 Å². The summed E-state index contributed by atoms with van der Waals surface area (Å²) in [5.41, 5.74) is 16.7. The Morgan fingerprint density at radius 2 is 0.672 bits per heavy atom. The van der Waals surface area contributed by atoms with E-state index in [4.69, 9.17) is 4.42 Å². The van der Waals surface area contributed by atoms with Gasteiger partial charge in [0, 0.05) is 33.4 Å². The van der Waals surface area contributed by atoms with E-state index >= 15 is 0 Å². The number of benzene rings is 11. The molecule has 0 aliphatic carbocycles. The first-order valence-electron chi connectivity index (χ1n) is 21.9. The van der Waals surface area contributed by atoms with Crippen molar-refractivity contribution in [3.8, 4) is 55.6 Å². The van der Waals surface area contributed by atoms with Crippen molar-refractivity contribution in [2.75, 3.05) is 4.90 Å². The molecular formula is C62H41NO. The third-order valence-electron chi connectivity index (χ3n) is 12.7. The minimum atomic E-state index is 0.895. The van der Waals surface area contributed by atoms with E-state index in [0.717, 1.165) is 66.8 Å². The lowest BCUT2D eigenvalue weighted by atomic mass is 9.97. The van der Waals surface area contributed by atoms with Crippen molar-refractivity contribution in [2.24, 2.45) is 0 Å². The van der Waals surface area contributed by atoms with Gasteiger partial charge >= 0.3 is 0 Å². The lowest BCUT2D eigenvalue weighted by molar-refractivity contribution is 0.670. The number of para-hydroxylation sites is 1. The Bertz CT molecular complexity index is 3510. The Balaban J connectivity index is 0.901. The number of hydrogen-bond donors (Lipinski definition) is 0. The number of furan rings is 1. The number of nitrogens with zero attached hydrogens (tertiary/aromatic N) is 1. The van der Waals surface area contributed by atoms with Crippen LogP contribution in [-0.2, 0) is 0 Å². The van der Waals surface area contributed by atoms with Gasteiger partial charge in [-0.3, -0.25) is 0 Å². The Morgan fingerprint density at radius 1 is 0.250 bits per heavy atom. The maximum Gasteiger partial charge on any atom is 0.143 e. The van der Waals surface area contributed by atoms with Gasteiger partial charge < -0.3 is 9.32 Å². The molecule has 64 heavy (non-hydrogen) atoms. The highest BCUT2D eigenvalue weighted by atomic mass is 16.3. The van der Waals surface area contributed by atoms with Crippen LogP contribution in [-0.4, -0.2) is 0 Å². The van der Waals surface area contributed by atoms with Gasteiger partial charge in [0.05, 0.1) is 0 Å². The molecule has 0 saturated carbocycles. The molecule has 2 nitrogen and oxygen atoms in total. The lowest BCUT2D eigenvalue weighted by Gasteiger charge is -2.26. The molecule has 0 aliphatic rings. The van der Waals surface area contributed by atoms with Gasteiger partial charge in [-0.15, -0.1) is 0 Å². The number of anilines is 3. The van der Waals surface area contributed by atoms with E-state index in [9.17, 15) is 0 Å². The molecule has 0 unspecified atom stereocenters. The summed E-state index contributed by atoms with van der Waals surface area (Å²) in [4.78, 5) is 2.35. The molecule has 300 valence electrons. The van der Waals surface area contributed by atoms with Crippen LogP contribution >= 0.6 is 0 Å². The van der Waals surface area contributed by atoms with E-state index < -0.39 is 0 Å². The van der Waals surface area contributed by atoms with E-state index in [1.54, 1.807) is 0 Å². The van der Waals surface area contributed by atoms with Crippen LogP contribution in [0.4, 0.5) is 17.1 Å². The maximum absolute atomic E-state index is 6.67. The Kier molecular flexibility index (Phi) is 9.20. The fourth-order valence-corrected chi connectivity index (χ4v) is 9.49. The predicted octanol–water partition coefficient (Wildman–Crippen LogP) is 17.7. The first-order valence-corrected chi connectivity index (χ1v) is 21.9. The van der Waals surface area contributed by atoms with E-state index in [2.05, 4.69) is 248 Å². The van der Waals surface area contributed by atoms with Gasteiger partial charge in [-0.25, -0.2) is 0 Å². The third kappa shape index (κ3) is 6.70. The molecule has 12 rings (SSSR count). The fourth-order valence-electron chi connectivity index (χ4n) is 9.49. The van der Waals surface area contributed by atoms with Crippen molar-refractivity contribution < 1.29 is 4.42 Å². The van der Waals surface area contributed by atoms with Gasteiger partial charge in [-0.05, 0) is 126 Å². The summed E-state index contributed by atoms with van der Waals surface area (Å²) in [6.07, 6.45) is 0. The molecule has 0 amide bonds. The molecule has 0 radical (unpaired) electrons. The molecule has 0 spiro atoms. The van der Waals surface area contributed by atoms with Crippen LogP contribution in [0, 0.1) is 0 Å². The van der Waals surface area contributed by atoms with Gasteiger partial charge in [0.25, 0.3) is 0 Å². The van der Waals surface area contributed by atoms with Gasteiger partial charge in [0.2, 0.25) is 0 Å². The Hall–Kier alpha value is -8.46. The molecule has 12 aromatic rings. The summed E-state index contributed by atoms with van der Waals surface area (Å²) in [6.45, 7) is 0. The number of rotatable bonds is 8. The quantitative estimate of drug-likeness (QED) is 0.152.